The molecule has 0 aliphatic carbocycles. The average Bonchev–Trinajstić information content (AvgIpc) is 2.40. The number of halogens is 2. The molecule has 2 aromatic rings. The summed E-state index contributed by atoms with van der Waals surface area (Å²) < 4.78 is 31.6. The lowest BCUT2D eigenvalue weighted by atomic mass is 9.98. The lowest BCUT2D eigenvalue weighted by Crippen LogP contribution is -1.94. The highest BCUT2D eigenvalue weighted by Crippen LogP contribution is 2.34. The number of benzene rings is 2. The Kier molecular flexibility index (Phi) is 3.72. The van der Waals surface area contributed by atoms with Crippen LogP contribution in [0.4, 0.5) is 8.78 Å². The van der Waals surface area contributed by atoms with Gasteiger partial charge in [0.2, 0.25) is 0 Å². The van der Waals surface area contributed by atoms with Gasteiger partial charge in [0, 0.05) is 5.56 Å². The van der Waals surface area contributed by atoms with Gasteiger partial charge in [0.05, 0.1) is 12.7 Å². The number of rotatable bonds is 3. The van der Waals surface area contributed by atoms with E-state index in [1.807, 2.05) is 0 Å². The van der Waals surface area contributed by atoms with Crippen molar-refractivity contribution >= 4 is 5.57 Å². The Morgan fingerprint density at radius 1 is 0.889 bits per heavy atom. The van der Waals surface area contributed by atoms with Crippen LogP contribution >= 0.6 is 0 Å². The van der Waals surface area contributed by atoms with Crippen LogP contribution in [0.1, 0.15) is 11.1 Å². The van der Waals surface area contributed by atoms with Crippen LogP contribution in [0.3, 0.4) is 0 Å². The molecule has 3 heteroatoms. The van der Waals surface area contributed by atoms with Crippen LogP contribution < -0.4 is 4.74 Å². The molecule has 2 rings (SSSR count). The highest BCUT2D eigenvalue weighted by Gasteiger charge is 2.15. The van der Waals surface area contributed by atoms with E-state index in [4.69, 9.17) is 4.74 Å². The maximum absolute atomic E-state index is 13.2. The Morgan fingerprint density at radius 3 is 2.11 bits per heavy atom. The molecule has 2 aromatic carbocycles. The molecule has 0 heterocycles. The summed E-state index contributed by atoms with van der Waals surface area (Å²) in [6, 6.07) is 15.3. The van der Waals surface area contributed by atoms with Crippen molar-refractivity contribution in [2.45, 2.75) is 0 Å². The predicted molar refractivity (Wildman–Crippen MR) is 67.7 cm³/mol. The lowest BCUT2D eigenvalue weighted by Gasteiger charge is -2.11. The van der Waals surface area contributed by atoms with E-state index in [1.54, 1.807) is 54.6 Å². The van der Waals surface area contributed by atoms with Gasteiger partial charge in [-0.1, -0.05) is 48.5 Å². The maximum atomic E-state index is 13.2. The van der Waals surface area contributed by atoms with Gasteiger partial charge < -0.3 is 4.74 Å². The number of para-hydroxylation sites is 1. The average molecular weight is 246 g/mol. The molecule has 0 aliphatic heterocycles. The topological polar surface area (TPSA) is 9.23 Å². The third-order valence-electron chi connectivity index (χ3n) is 2.63. The lowest BCUT2D eigenvalue weighted by molar-refractivity contribution is 0.409. The molecule has 0 atom stereocenters. The van der Waals surface area contributed by atoms with Crippen molar-refractivity contribution in [2.75, 3.05) is 7.11 Å². The molecule has 0 spiro atoms. The standard InChI is InChI=1S/C15H12F2O/c1-18-13-10-6-5-9-12(13)14(15(16)17)11-7-3-2-4-8-11/h2-10H,1H3. The normalized spacial score (nSPS) is 9.94. The van der Waals surface area contributed by atoms with Crippen LogP contribution in [0.25, 0.3) is 5.57 Å². The zero-order valence-electron chi connectivity index (χ0n) is 9.86. The molecule has 92 valence electrons. The minimum atomic E-state index is -1.72. The molecule has 0 radical (unpaired) electrons. The molecule has 18 heavy (non-hydrogen) atoms. The summed E-state index contributed by atoms with van der Waals surface area (Å²) >= 11 is 0. The smallest absolute Gasteiger partial charge is 0.278 e. The minimum absolute atomic E-state index is 0.0898. The van der Waals surface area contributed by atoms with E-state index >= 15 is 0 Å². The van der Waals surface area contributed by atoms with E-state index in [0.29, 0.717) is 16.9 Å². The van der Waals surface area contributed by atoms with Gasteiger partial charge in [-0.15, -0.1) is 0 Å². The Labute approximate surface area is 104 Å². The first-order valence-electron chi connectivity index (χ1n) is 5.48. The van der Waals surface area contributed by atoms with Crippen LogP contribution in [-0.2, 0) is 0 Å². The Bertz CT molecular complexity index is 558. The predicted octanol–water partition coefficient (Wildman–Crippen LogP) is 4.35. The Hall–Kier alpha value is -2.16. The van der Waals surface area contributed by atoms with Crippen LogP contribution in [-0.4, -0.2) is 7.11 Å². The van der Waals surface area contributed by atoms with E-state index in [2.05, 4.69) is 0 Å². The zero-order chi connectivity index (χ0) is 13.0. The highest BCUT2D eigenvalue weighted by atomic mass is 19.3. The van der Waals surface area contributed by atoms with Gasteiger partial charge >= 0.3 is 0 Å². The molecule has 0 aromatic heterocycles. The third kappa shape index (κ3) is 2.40. The van der Waals surface area contributed by atoms with E-state index in [0.717, 1.165) is 0 Å². The van der Waals surface area contributed by atoms with Gasteiger partial charge in [-0.25, -0.2) is 0 Å². The molecule has 0 saturated heterocycles. The fraction of sp³-hybridized carbons (Fsp3) is 0.0667. The molecule has 0 bridgehead atoms. The van der Waals surface area contributed by atoms with Crippen molar-refractivity contribution in [3.63, 3.8) is 0 Å². The summed E-state index contributed by atoms with van der Waals surface area (Å²) in [7, 11) is 1.47. The summed E-state index contributed by atoms with van der Waals surface area (Å²) in [4.78, 5) is 0. The van der Waals surface area contributed by atoms with Crippen molar-refractivity contribution in [2.24, 2.45) is 0 Å². The van der Waals surface area contributed by atoms with Crippen LogP contribution in [0, 0.1) is 0 Å². The molecular weight excluding hydrogens is 234 g/mol. The molecule has 0 aliphatic rings. The highest BCUT2D eigenvalue weighted by molar-refractivity contribution is 5.83. The number of methoxy groups -OCH3 is 1. The van der Waals surface area contributed by atoms with Crippen LogP contribution in [0.5, 0.6) is 5.75 Å². The van der Waals surface area contributed by atoms with Crippen molar-refractivity contribution in [1.29, 1.82) is 0 Å². The fourth-order valence-corrected chi connectivity index (χ4v) is 1.82. The second-order valence-corrected chi connectivity index (χ2v) is 3.70. The van der Waals surface area contributed by atoms with Gasteiger partial charge in [-0.2, -0.15) is 8.78 Å². The molecule has 0 fully saturated rings. The van der Waals surface area contributed by atoms with E-state index in [1.165, 1.54) is 7.11 Å². The molecule has 0 amide bonds. The first-order chi connectivity index (χ1) is 8.74. The number of ether oxygens (including phenoxy) is 1. The Morgan fingerprint density at radius 2 is 1.50 bits per heavy atom. The van der Waals surface area contributed by atoms with Crippen LogP contribution in [0.15, 0.2) is 60.7 Å². The van der Waals surface area contributed by atoms with Gasteiger partial charge in [0.25, 0.3) is 6.08 Å². The third-order valence-corrected chi connectivity index (χ3v) is 2.63. The first kappa shape index (κ1) is 12.3. The van der Waals surface area contributed by atoms with E-state index in [9.17, 15) is 8.78 Å². The van der Waals surface area contributed by atoms with Gasteiger partial charge in [0.15, 0.2) is 0 Å². The second-order valence-electron chi connectivity index (χ2n) is 3.70. The summed E-state index contributed by atoms with van der Waals surface area (Å²) in [5.74, 6) is 0.434. The molecule has 0 saturated carbocycles. The van der Waals surface area contributed by atoms with Gasteiger partial charge in [-0.05, 0) is 11.6 Å². The summed E-state index contributed by atoms with van der Waals surface area (Å²) in [6.07, 6.45) is -1.72. The van der Waals surface area contributed by atoms with Crippen molar-refractivity contribution in [3.05, 3.63) is 71.8 Å². The van der Waals surface area contributed by atoms with E-state index < -0.39 is 6.08 Å². The maximum Gasteiger partial charge on any atom is 0.278 e. The molecule has 0 N–H and O–H groups in total. The summed E-state index contributed by atoms with van der Waals surface area (Å²) in [5, 5.41) is 0. The quantitative estimate of drug-likeness (QED) is 0.782. The van der Waals surface area contributed by atoms with Crippen molar-refractivity contribution in [3.8, 4) is 5.75 Å². The monoisotopic (exact) mass is 246 g/mol. The van der Waals surface area contributed by atoms with Gasteiger partial charge in [-0.3, -0.25) is 0 Å². The van der Waals surface area contributed by atoms with Crippen molar-refractivity contribution < 1.29 is 13.5 Å². The number of hydrogen-bond acceptors (Lipinski definition) is 1. The first-order valence-corrected chi connectivity index (χ1v) is 5.48. The Balaban J connectivity index is 2.61. The second kappa shape index (κ2) is 5.45. The van der Waals surface area contributed by atoms with Crippen molar-refractivity contribution in [1.82, 2.24) is 0 Å². The number of hydrogen-bond donors (Lipinski definition) is 0. The van der Waals surface area contributed by atoms with Gasteiger partial charge in [0.1, 0.15) is 5.75 Å². The summed E-state index contributed by atoms with van der Waals surface area (Å²) in [5.41, 5.74) is 0.779. The zero-order valence-corrected chi connectivity index (χ0v) is 9.86. The summed E-state index contributed by atoms with van der Waals surface area (Å²) in [6.45, 7) is 0. The molecule has 0 unspecified atom stereocenters. The van der Waals surface area contributed by atoms with E-state index in [-0.39, 0.29) is 5.57 Å². The molecule has 1 nitrogen and oxygen atoms in total. The molecular formula is C15H12F2O. The minimum Gasteiger partial charge on any atom is -0.496 e. The van der Waals surface area contributed by atoms with Crippen LogP contribution in [0.2, 0.25) is 0 Å². The fourth-order valence-electron chi connectivity index (χ4n) is 1.82. The largest absolute Gasteiger partial charge is 0.496 e. The SMILES string of the molecule is COc1ccccc1C(=C(F)F)c1ccccc1.